The molecule has 0 aliphatic heterocycles. The number of hydrogen-bond donors (Lipinski definition) is 0. The summed E-state index contributed by atoms with van der Waals surface area (Å²) >= 11 is 0. The van der Waals surface area contributed by atoms with Gasteiger partial charge in [-0.2, -0.15) is 0 Å². The minimum atomic E-state index is -0.256. The predicted molar refractivity (Wildman–Crippen MR) is 115 cm³/mol. The highest BCUT2D eigenvalue weighted by Crippen LogP contribution is 2.12. The van der Waals surface area contributed by atoms with Crippen molar-refractivity contribution in [3.63, 3.8) is 0 Å². The molecule has 1 rings (SSSR count). The Morgan fingerprint density at radius 2 is 1.52 bits per heavy atom. The van der Waals surface area contributed by atoms with Crippen LogP contribution in [0.5, 0.6) is 0 Å². The Morgan fingerprint density at radius 3 is 1.89 bits per heavy atom. The molecule has 0 unspecified atom stereocenters. The fourth-order valence-corrected chi connectivity index (χ4v) is 2.61. The Balaban J connectivity index is 0.000000797. The fraction of sp³-hybridized carbons (Fsp3) is 0.652. The van der Waals surface area contributed by atoms with Gasteiger partial charge in [0.1, 0.15) is 0 Å². The summed E-state index contributed by atoms with van der Waals surface area (Å²) in [7, 11) is 0. The van der Waals surface area contributed by atoms with Crippen LogP contribution >= 0.6 is 0 Å². The van der Waals surface area contributed by atoms with Crippen molar-refractivity contribution in [3.8, 4) is 0 Å². The van der Waals surface area contributed by atoms with Gasteiger partial charge in [0.25, 0.3) is 0 Å². The second-order valence-corrected chi connectivity index (χ2v) is 7.00. The first-order chi connectivity index (χ1) is 13.1. The normalized spacial score (nSPS) is 10.0. The van der Waals surface area contributed by atoms with E-state index in [1.165, 1.54) is 70.6 Å². The molecule has 0 aromatic carbocycles. The highest BCUT2D eigenvalue weighted by atomic mass is 16.5. The van der Waals surface area contributed by atoms with E-state index in [4.69, 9.17) is 4.74 Å². The van der Waals surface area contributed by atoms with Crippen LogP contribution in [0.3, 0.4) is 0 Å². The van der Waals surface area contributed by atoms with Gasteiger partial charge < -0.3 is 9.30 Å². The molecule has 1 aromatic heterocycles. The summed E-state index contributed by atoms with van der Waals surface area (Å²) in [6, 6.07) is 0. The summed E-state index contributed by atoms with van der Waals surface area (Å²) in [6.45, 7) is 11.6. The molecule has 27 heavy (non-hydrogen) atoms. The molecule has 0 saturated heterocycles. The van der Waals surface area contributed by atoms with Gasteiger partial charge in [0, 0.05) is 24.2 Å². The van der Waals surface area contributed by atoms with E-state index in [0.717, 1.165) is 6.42 Å². The lowest BCUT2D eigenvalue weighted by molar-refractivity contribution is -0.139. The number of esters is 1. The first-order valence-electron chi connectivity index (χ1n) is 10.5. The number of carbonyl (C=O) groups excluding carboxylic acids is 1. The molecule has 0 bridgehead atoms. The Morgan fingerprint density at radius 1 is 1.00 bits per heavy atom. The third kappa shape index (κ3) is 17.3. The van der Waals surface area contributed by atoms with Crippen LogP contribution in [-0.2, 0) is 9.53 Å². The number of nitrogens with zero attached hydrogens (tertiary/aromatic N) is 2. The van der Waals surface area contributed by atoms with Crippen LogP contribution in [0.15, 0.2) is 37.5 Å². The van der Waals surface area contributed by atoms with Crippen LogP contribution in [0.1, 0.15) is 90.9 Å². The summed E-state index contributed by atoms with van der Waals surface area (Å²) in [4.78, 5) is 14.9. The van der Waals surface area contributed by atoms with E-state index in [1.807, 2.05) is 6.20 Å². The Kier molecular flexibility index (Phi) is 17.6. The molecule has 1 heterocycles. The molecule has 1 aromatic rings. The van der Waals surface area contributed by atoms with Crippen molar-refractivity contribution in [1.82, 2.24) is 9.55 Å². The van der Waals surface area contributed by atoms with Gasteiger partial charge in [-0.1, -0.05) is 90.7 Å². The van der Waals surface area contributed by atoms with Gasteiger partial charge in [-0.15, -0.1) is 0 Å². The lowest BCUT2D eigenvalue weighted by Gasteiger charge is -2.04. The van der Waals surface area contributed by atoms with Crippen molar-refractivity contribution in [1.29, 1.82) is 0 Å². The third-order valence-corrected chi connectivity index (χ3v) is 4.32. The van der Waals surface area contributed by atoms with Gasteiger partial charge in [0.15, 0.2) is 0 Å². The van der Waals surface area contributed by atoms with Gasteiger partial charge in [-0.05, 0) is 13.3 Å². The van der Waals surface area contributed by atoms with Gasteiger partial charge >= 0.3 is 5.97 Å². The van der Waals surface area contributed by atoms with E-state index < -0.39 is 0 Å². The van der Waals surface area contributed by atoms with Crippen LogP contribution in [0.4, 0.5) is 0 Å². The van der Waals surface area contributed by atoms with Crippen LogP contribution in [0.25, 0.3) is 6.20 Å². The minimum absolute atomic E-state index is 0.256. The molecule has 4 nitrogen and oxygen atoms in total. The number of rotatable bonds is 15. The zero-order valence-electron chi connectivity index (χ0n) is 17.6. The molecule has 0 spiro atoms. The van der Waals surface area contributed by atoms with E-state index >= 15 is 0 Å². The second kappa shape index (κ2) is 18.9. The number of imidazole rings is 1. The van der Waals surface area contributed by atoms with E-state index in [2.05, 4.69) is 25.1 Å². The molecule has 0 aliphatic carbocycles. The summed E-state index contributed by atoms with van der Waals surface area (Å²) < 4.78 is 6.83. The molecule has 154 valence electrons. The Hall–Kier alpha value is -1.84. The molecule has 0 N–H and O–H groups in total. The van der Waals surface area contributed by atoms with Crippen molar-refractivity contribution in [2.75, 3.05) is 6.61 Å². The molecule has 0 radical (unpaired) electrons. The maximum absolute atomic E-state index is 11.1. The van der Waals surface area contributed by atoms with Crippen LogP contribution in [-0.4, -0.2) is 22.1 Å². The molecule has 0 amide bonds. The van der Waals surface area contributed by atoms with E-state index in [9.17, 15) is 4.79 Å². The summed E-state index contributed by atoms with van der Waals surface area (Å²) in [5, 5.41) is 0. The SMILES string of the molecule is C=C(C)C(=O)OCCCCCCCCCCCCCC.C=Cn1ccnc1. The third-order valence-electron chi connectivity index (χ3n) is 4.32. The van der Waals surface area contributed by atoms with Crippen molar-refractivity contribution in [2.24, 2.45) is 0 Å². The lowest BCUT2D eigenvalue weighted by Crippen LogP contribution is -2.05. The standard InChI is InChI=1S/C18H34O2.C5H6N2/c1-4-5-6-7-8-9-10-11-12-13-14-15-16-20-18(19)17(2)3;1-2-7-4-3-6-5-7/h2,4-16H2,1,3H3;2-5H,1H2. The molecule has 0 aliphatic rings. The van der Waals surface area contributed by atoms with Gasteiger partial charge in [-0.3, -0.25) is 0 Å². The zero-order chi connectivity index (χ0) is 20.2. The molecular weight excluding hydrogens is 336 g/mol. The van der Waals surface area contributed by atoms with Crippen molar-refractivity contribution < 1.29 is 9.53 Å². The summed E-state index contributed by atoms with van der Waals surface area (Å²) in [5.74, 6) is -0.256. The van der Waals surface area contributed by atoms with Crippen molar-refractivity contribution in [2.45, 2.75) is 90.9 Å². The monoisotopic (exact) mass is 376 g/mol. The van der Waals surface area contributed by atoms with E-state index in [0.29, 0.717) is 12.2 Å². The lowest BCUT2D eigenvalue weighted by atomic mass is 10.1. The van der Waals surface area contributed by atoms with Crippen molar-refractivity contribution in [3.05, 3.63) is 37.5 Å². The van der Waals surface area contributed by atoms with Gasteiger partial charge in [0.2, 0.25) is 0 Å². The minimum Gasteiger partial charge on any atom is -0.462 e. The number of carbonyl (C=O) groups is 1. The first kappa shape index (κ1) is 25.2. The summed E-state index contributed by atoms with van der Waals surface area (Å²) in [6.07, 6.45) is 22.8. The summed E-state index contributed by atoms with van der Waals surface area (Å²) in [5.41, 5.74) is 0.490. The van der Waals surface area contributed by atoms with E-state index in [1.54, 1.807) is 30.2 Å². The van der Waals surface area contributed by atoms with Gasteiger partial charge in [-0.25, -0.2) is 9.78 Å². The molecule has 0 fully saturated rings. The number of ether oxygens (including phenoxy) is 1. The van der Waals surface area contributed by atoms with Crippen molar-refractivity contribution >= 4 is 12.2 Å². The quantitative estimate of drug-likeness (QED) is 0.192. The largest absolute Gasteiger partial charge is 0.462 e. The van der Waals surface area contributed by atoms with Gasteiger partial charge in [0.05, 0.1) is 12.9 Å². The Bertz CT molecular complexity index is 481. The highest BCUT2D eigenvalue weighted by Gasteiger charge is 2.01. The number of unbranched alkanes of at least 4 members (excludes halogenated alkanes) is 11. The predicted octanol–water partition coefficient (Wildman–Crippen LogP) is 6.79. The average molecular weight is 377 g/mol. The maximum atomic E-state index is 11.1. The number of hydrogen-bond acceptors (Lipinski definition) is 3. The molecule has 4 heteroatoms. The Labute approximate surface area is 166 Å². The highest BCUT2D eigenvalue weighted by molar-refractivity contribution is 5.86. The van der Waals surface area contributed by atoms with E-state index in [-0.39, 0.29) is 5.97 Å². The zero-order valence-corrected chi connectivity index (χ0v) is 17.6. The fourth-order valence-electron chi connectivity index (χ4n) is 2.61. The average Bonchev–Trinajstić information content (AvgIpc) is 3.19. The molecule has 0 saturated carbocycles. The molecular formula is C23H40N2O2. The molecule has 0 atom stereocenters. The van der Waals surface area contributed by atoms with Crippen LogP contribution in [0.2, 0.25) is 0 Å². The second-order valence-electron chi connectivity index (χ2n) is 7.00. The first-order valence-corrected chi connectivity index (χ1v) is 10.5. The number of aromatic nitrogens is 2. The van der Waals surface area contributed by atoms with Crippen LogP contribution < -0.4 is 0 Å². The maximum Gasteiger partial charge on any atom is 0.333 e. The van der Waals surface area contributed by atoms with Crippen LogP contribution in [0, 0.1) is 0 Å². The topological polar surface area (TPSA) is 44.1 Å². The smallest absolute Gasteiger partial charge is 0.333 e.